The Labute approximate surface area is 562 Å². The number of aromatic hydroxyl groups is 3. The lowest BCUT2D eigenvalue weighted by molar-refractivity contribution is -0.188. The summed E-state index contributed by atoms with van der Waals surface area (Å²) in [5.74, 6) is 13.1. The molecule has 490 valence electrons. The molecule has 1 saturated heterocycles. The molecule has 5 fully saturated rings. The van der Waals surface area contributed by atoms with Crippen LogP contribution in [-0.4, -0.2) is 90.5 Å². The standard InChI is InChI=1S/C82H91NO9S2/c1-42(2)17-19-50-57-28-49-26-45-25-47-39-93-94-40-59-55-30-64(79(49)21-8-5-9-22-79)66(85)32-56(55)61-29-48-14-11-23-80(48)41-81(61)62(59)37-73-82(63-35-68(87)67(86)33-58(63)60(80)36-72(81)82)76-51(65(83-73)16-10-15-52(74(45)57)77(47)90)20-18-44(24-43-12-6-4-7-13-43)53(31-70(89)75(50)78(76)91)54-34-71(92-3)69(88)27-46(54)38-84/h4,6-7,12-13,26-30,33-35,42,44,47-48,50-53,56,60,62,65-66,72-73,75-78,83-88,90-91H,5,8-9,11,14,16-17,19,21-25,31-32,36-41H2,1-3H3/t44-,47+,48+,50+,51+,52-,53-,56+,60+,62+,65-,66+,72+,73+,75-,76+,77-,78+,80+,81-,82-/m1/s1. The highest BCUT2D eigenvalue weighted by Crippen LogP contribution is 2.83. The molecule has 21 atom stereocenters. The van der Waals surface area contributed by atoms with Gasteiger partial charge in [0.1, 0.15) is 5.78 Å². The predicted molar refractivity (Wildman–Crippen MR) is 367 cm³/mol. The topological polar surface area (TPSA) is 180 Å². The van der Waals surface area contributed by atoms with Gasteiger partial charge >= 0.3 is 0 Å². The maximum atomic E-state index is 18.0. The highest BCUT2D eigenvalue weighted by atomic mass is 33.1. The van der Waals surface area contributed by atoms with Gasteiger partial charge in [0.25, 0.3) is 0 Å². The van der Waals surface area contributed by atoms with Crippen LogP contribution in [0.15, 0.2) is 101 Å². The third-order valence-electron chi connectivity index (χ3n) is 28.5. The molecule has 13 aliphatic rings. The maximum absolute atomic E-state index is 18.0. The fourth-order valence-electron chi connectivity index (χ4n) is 25.0. The third-order valence-corrected chi connectivity index (χ3v) is 30.9. The number of hydrogen-bond acceptors (Lipinski definition) is 12. The quantitative estimate of drug-likeness (QED) is 0.0363. The fraction of sp³-hybridized carbons (Fsp3) is 0.573. The molecule has 4 spiro atoms. The monoisotopic (exact) mass is 1300 g/mol. The zero-order valence-electron chi connectivity index (χ0n) is 54.6. The Balaban J connectivity index is 1.03. The van der Waals surface area contributed by atoms with Gasteiger partial charge in [-0.05, 0) is 197 Å². The fourth-order valence-corrected chi connectivity index (χ4v) is 27.6. The summed E-state index contributed by atoms with van der Waals surface area (Å²) in [4.78, 5) is 18.0. The number of fused-ring (bicyclic) bond motifs is 10. The lowest BCUT2D eigenvalue weighted by Gasteiger charge is -2.78. The van der Waals surface area contributed by atoms with Gasteiger partial charge in [0.05, 0.1) is 43.9 Å². The lowest BCUT2D eigenvalue weighted by atomic mass is 9.27. The molecule has 11 aliphatic carbocycles. The van der Waals surface area contributed by atoms with E-state index < -0.39 is 88.6 Å². The number of phenols is 3. The van der Waals surface area contributed by atoms with Crippen molar-refractivity contribution in [2.45, 2.75) is 201 Å². The molecule has 13 bridgehead atoms. The van der Waals surface area contributed by atoms with Crippen LogP contribution in [0.1, 0.15) is 190 Å². The molecule has 0 radical (unpaired) electrons. The number of phenolic OH excluding ortho intramolecular Hbond substituents is 3. The van der Waals surface area contributed by atoms with E-state index in [4.69, 9.17) is 4.74 Å². The maximum Gasteiger partial charge on any atom is 0.160 e. The molecule has 94 heavy (non-hydrogen) atoms. The van der Waals surface area contributed by atoms with E-state index in [2.05, 4.69) is 79.3 Å². The highest BCUT2D eigenvalue weighted by molar-refractivity contribution is 8.76. The van der Waals surface area contributed by atoms with Crippen molar-refractivity contribution in [1.29, 1.82) is 0 Å². The Bertz CT molecular complexity index is 4070. The molecule has 4 saturated carbocycles. The second kappa shape index (κ2) is 22.3. The molecule has 2 aliphatic heterocycles. The van der Waals surface area contributed by atoms with E-state index in [1.54, 1.807) is 6.07 Å². The molecule has 17 rings (SSSR count). The summed E-state index contributed by atoms with van der Waals surface area (Å²) in [5, 5.41) is 95.3. The largest absolute Gasteiger partial charge is 0.504 e. The van der Waals surface area contributed by atoms with Crippen molar-refractivity contribution in [1.82, 2.24) is 5.32 Å². The van der Waals surface area contributed by atoms with Crippen LogP contribution in [-0.2, 0) is 35.1 Å². The van der Waals surface area contributed by atoms with Gasteiger partial charge in [-0.3, -0.25) is 4.79 Å². The average molecular weight is 1300 g/mol. The van der Waals surface area contributed by atoms with Gasteiger partial charge in [-0.1, -0.05) is 151 Å². The number of carbonyl (C=O) groups is 1. The van der Waals surface area contributed by atoms with Gasteiger partial charge in [-0.15, -0.1) is 5.92 Å². The molecule has 0 aromatic heterocycles. The number of piperidine rings is 1. The van der Waals surface area contributed by atoms with Crippen molar-refractivity contribution in [3.63, 3.8) is 0 Å². The zero-order chi connectivity index (χ0) is 64.1. The van der Waals surface area contributed by atoms with Gasteiger partial charge in [0, 0.05) is 88.2 Å². The molecule has 0 unspecified atom stereocenters. The first-order valence-corrected chi connectivity index (χ1v) is 38.6. The molecule has 4 aromatic rings. The van der Waals surface area contributed by atoms with Crippen molar-refractivity contribution < 1.29 is 45.3 Å². The summed E-state index contributed by atoms with van der Waals surface area (Å²) in [6, 6.07) is 21.8. The van der Waals surface area contributed by atoms with E-state index in [0.29, 0.717) is 49.1 Å². The molecular weight excluding hydrogens is 1210 g/mol. The average Bonchev–Trinajstić information content (AvgIpc) is 0.873. The number of aliphatic hydroxyl groups excluding tert-OH is 4. The molecule has 4 aromatic carbocycles. The first kappa shape index (κ1) is 61.0. The van der Waals surface area contributed by atoms with Crippen LogP contribution in [0, 0.1) is 93.7 Å². The predicted octanol–water partition coefficient (Wildman–Crippen LogP) is 13.4. The molecule has 10 nitrogen and oxygen atoms in total. The second-order valence-corrected chi connectivity index (χ2v) is 35.0. The number of aliphatic hydroxyl groups is 4. The number of rotatable bonds is 8. The van der Waals surface area contributed by atoms with E-state index in [0.717, 1.165) is 128 Å². The smallest absolute Gasteiger partial charge is 0.160 e. The van der Waals surface area contributed by atoms with Crippen LogP contribution in [0.3, 0.4) is 0 Å². The molecule has 2 heterocycles. The molecule has 12 heteroatoms. The van der Waals surface area contributed by atoms with E-state index in [1.165, 1.54) is 29.4 Å². The minimum Gasteiger partial charge on any atom is -0.504 e. The minimum atomic E-state index is -1.31. The van der Waals surface area contributed by atoms with E-state index in [-0.39, 0.29) is 82.2 Å². The molecule has 8 N–H and O–H groups in total. The number of carbonyl (C=O) groups excluding carboxylic acids is 1. The number of ketones is 1. The number of ether oxygens (including phenoxy) is 1. The van der Waals surface area contributed by atoms with E-state index in [1.807, 2.05) is 58.0 Å². The van der Waals surface area contributed by atoms with Crippen molar-refractivity contribution in [3.05, 3.63) is 151 Å². The summed E-state index contributed by atoms with van der Waals surface area (Å²) in [6.07, 6.45) is 16.7. The Morgan fingerprint density at radius 1 is 0.819 bits per heavy atom. The number of Topliss-reactive ketones (excluding diaryl/α,β-unsaturated/α-hetero) is 1. The van der Waals surface area contributed by atoms with Gasteiger partial charge < -0.3 is 45.8 Å². The van der Waals surface area contributed by atoms with Crippen LogP contribution in [0.4, 0.5) is 0 Å². The SMILES string of the molecule is COc1cc([C@@H]2CC(=O)[C@@H]3[C@H](O)[C@@H]4[C@@H](C#C[C@@H]2Cc2ccccc2)[C@H]2CC#C[C@@H]5c6c7cc(cc6[C@@H]3CCC(C)C)C3(CCCCC3)C3=CC6=C(CSSC[C@H](C7)[C@H]5O)[C@@H]5C[C@H](N2)[C@]42c4cc(O)c(O)cc4[C@@H]4C[C@H]2[C@@]52C[C@]45CCC[C@H]5C=C2[C@H]6C[C@@H]3O)c(CO)cc1O. The Morgan fingerprint density at radius 2 is 1.65 bits per heavy atom. The Kier molecular flexibility index (Phi) is 14.5. The van der Waals surface area contributed by atoms with Gasteiger partial charge in [-0.25, -0.2) is 0 Å². The Hall–Kier alpha value is -5.41. The van der Waals surface area contributed by atoms with Gasteiger partial charge in [0.15, 0.2) is 23.0 Å². The van der Waals surface area contributed by atoms with E-state index in [9.17, 15) is 30.6 Å². The summed E-state index contributed by atoms with van der Waals surface area (Å²) >= 11 is 0. The molecular formula is C82H91NO9S2. The van der Waals surface area contributed by atoms with E-state index >= 15 is 9.90 Å². The van der Waals surface area contributed by atoms with Crippen LogP contribution in [0.25, 0.3) is 0 Å². The second-order valence-electron chi connectivity index (χ2n) is 32.4. The Morgan fingerprint density at radius 3 is 2.46 bits per heavy atom. The lowest BCUT2D eigenvalue weighted by Crippen LogP contribution is -2.79. The van der Waals surface area contributed by atoms with Crippen molar-refractivity contribution in [2.24, 2.45) is 70.0 Å². The summed E-state index contributed by atoms with van der Waals surface area (Å²) in [5.41, 5.74) is 12.2. The van der Waals surface area contributed by atoms with Crippen LogP contribution in [0.5, 0.6) is 23.0 Å². The number of allylic oxidation sites excluding steroid dienone is 4. The third kappa shape index (κ3) is 8.41. The number of methoxy groups -OCH3 is 1. The van der Waals surface area contributed by atoms with Crippen LogP contribution >= 0.6 is 21.6 Å². The summed E-state index contributed by atoms with van der Waals surface area (Å²) in [7, 11) is 5.41. The first-order chi connectivity index (χ1) is 45.6. The number of nitrogens with one attached hydrogen (secondary N) is 1. The number of hydrogen-bond donors (Lipinski definition) is 8. The van der Waals surface area contributed by atoms with Crippen molar-refractivity contribution in [2.75, 3.05) is 18.6 Å². The zero-order valence-corrected chi connectivity index (χ0v) is 56.2. The number of benzene rings is 4. The highest BCUT2D eigenvalue weighted by Gasteiger charge is 2.79. The van der Waals surface area contributed by atoms with Crippen LogP contribution < -0.4 is 10.1 Å². The minimum absolute atomic E-state index is 0.0272. The van der Waals surface area contributed by atoms with Gasteiger partial charge in [0.2, 0.25) is 0 Å². The van der Waals surface area contributed by atoms with Gasteiger partial charge in [-0.2, -0.15) is 0 Å². The van der Waals surface area contributed by atoms with Crippen LogP contribution in [0.2, 0.25) is 0 Å². The first-order valence-electron chi connectivity index (χ1n) is 36.1. The summed E-state index contributed by atoms with van der Waals surface area (Å²) in [6.45, 7) is 4.12. The van der Waals surface area contributed by atoms with Crippen molar-refractivity contribution in [3.8, 4) is 46.7 Å². The summed E-state index contributed by atoms with van der Waals surface area (Å²) < 4.78 is 5.91. The normalized spacial score (nSPS) is 40.1. The van der Waals surface area contributed by atoms with Crippen molar-refractivity contribution >= 4 is 27.4 Å². The molecule has 0 amide bonds.